The minimum Gasteiger partial charge on any atom is -0.384 e. The van der Waals surface area contributed by atoms with E-state index in [-0.39, 0.29) is 0 Å². The molecule has 0 atom stereocenters. The lowest BCUT2D eigenvalue weighted by Crippen LogP contribution is -2.05. The topological polar surface area (TPSA) is 35.0 Å². The van der Waals surface area contributed by atoms with E-state index in [1.54, 1.807) is 7.11 Å². The van der Waals surface area contributed by atoms with E-state index in [2.05, 4.69) is 9.97 Å². The Morgan fingerprint density at radius 2 is 1.62 bits per heavy atom. The highest BCUT2D eigenvalue weighted by atomic mass is 16.5. The SMILES string of the molecule is COCCc1c(C)nc(C)nc1C. The molecule has 3 heteroatoms. The van der Waals surface area contributed by atoms with E-state index in [9.17, 15) is 0 Å². The van der Waals surface area contributed by atoms with E-state index in [1.165, 1.54) is 5.56 Å². The van der Waals surface area contributed by atoms with E-state index in [0.717, 1.165) is 30.2 Å². The van der Waals surface area contributed by atoms with Gasteiger partial charge in [0.1, 0.15) is 5.82 Å². The lowest BCUT2D eigenvalue weighted by atomic mass is 10.1. The third kappa shape index (κ3) is 2.49. The Morgan fingerprint density at radius 1 is 1.08 bits per heavy atom. The summed E-state index contributed by atoms with van der Waals surface area (Å²) in [5, 5.41) is 0. The molecule has 0 aromatic carbocycles. The summed E-state index contributed by atoms with van der Waals surface area (Å²) in [5.41, 5.74) is 3.36. The molecule has 1 aromatic heterocycles. The fourth-order valence-corrected chi connectivity index (χ4v) is 1.47. The summed E-state index contributed by atoms with van der Waals surface area (Å²) >= 11 is 0. The molecule has 0 aliphatic carbocycles. The second-order valence-electron chi connectivity index (χ2n) is 3.16. The number of nitrogens with zero attached hydrogens (tertiary/aromatic N) is 2. The zero-order chi connectivity index (χ0) is 9.84. The highest BCUT2D eigenvalue weighted by Crippen LogP contribution is 2.10. The van der Waals surface area contributed by atoms with Crippen molar-refractivity contribution >= 4 is 0 Å². The molecule has 0 unspecified atom stereocenters. The lowest BCUT2D eigenvalue weighted by Gasteiger charge is -2.08. The molecule has 0 aliphatic heterocycles. The number of aromatic nitrogens is 2. The van der Waals surface area contributed by atoms with Gasteiger partial charge in [0.15, 0.2) is 0 Å². The van der Waals surface area contributed by atoms with Gasteiger partial charge in [-0.1, -0.05) is 0 Å². The van der Waals surface area contributed by atoms with E-state index in [0.29, 0.717) is 0 Å². The molecule has 72 valence electrons. The van der Waals surface area contributed by atoms with Gasteiger partial charge < -0.3 is 4.74 Å². The summed E-state index contributed by atoms with van der Waals surface area (Å²) in [6.07, 6.45) is 0.897. The lowest BCUT2D eigenvalue weighted by molar-refractivity contribution is 0.202. The molecule has 0 N–H and O–H groups in total. The third-order valence-corrected chi connectivity index (χ3v) is 2.09. The number of aryl methyl sites for hydroxylation is 3. The molecule has 0 amide bonds. The summed E-state index contributed by atoms with van der Waals surface area (Å²) in [6.45, 7) is 6.69. The first-order valence-electron chi connectivity index (χ1n) is 4.44. The number of rotatable bonds is 3. The van der Waals surface area contributed by atoms with Crippen molar-refractivity contribution in [3.63, 3.8) is 0 Å². The van der Waals surface area contributed by atoms with Crippen molar-refractivity contribution in [2.24, 2.45) is 0 Å². The second-order valence-corrected chi connectivity index (χ2v) is 3.16. The van der Waals surface area contributed by atoms with Gasteiger partial charge in [-0.15, -0.1) is 0 Å². The van der Waals surface area contributed by atoms with Crippen LogP contribution in [0.1, 0.15) is 22.8 Å². The number of ether oxygens (including phenoxy) is 1. The molecular weight excluding hydrogens is 164 g/mol. The number of hydrogen-bond donors (Lipinski definition) is 0. The number of hydrogen-bond acceptors (Lipinski definition) is 3. The van der Waals surface area contributed by atoms with Gasteiger partial charge in [-0.2, -0.15) is 0 Å². The zero-order valence-electron chi connectivity index (χ0n) is 8.72. The van der Waals surface area contributed by atoms with Gasteiger partial charge in [0.2, 0.25) is 0 Å². The maximum Gasteiger partial charge on any atom is 0.125 e. The van der Waals surface area contributed by atoms with Crippen molar-refractivity contribution in [2.75, 3.05) is 13.7 Å². The van der Waals surface area contributed by atoms with Crippen LogP contribution in [0.2, 0.25) is 0 Å². The Hall–Kier alpha value is -0.960. The Kier molecular flexibility index (Phi) is 3.37. The van der Waals surface area contributed by atoms with Crippen LogP contribution >= 0.6 is 0 Å². The van der Waals surface area contributed by atoms with Gasteiger partial charge in [-0.3, -0.25) is 0 Å². The molecule has 3 nitrogen and oxygen atoms in total. The van der Waals surface area contributed by atoms with Crippen LogP contribution in [0.25, 0.3) is 0 Å². The van der Waals surface area contributed by atoms with E-state index < -0.39 is 0 Å². The van der Waals surface area contributed by atoms with Gasteiger partial charge in [0, 0.05) is 18.5 Å². The summed E-state index contributed by atoms with van der Waals surface area (Å²) in [4.78, 5) is 8.64. The molecule has 1 aromatic rings. The van der Waals surface area contributed by atoms with Crippen LogP contribution < -0.4 is 0 Å². The minimum atomic E-state index is 0.730. The zero-order valence-corrected chi connectivity index (χ0v) is 8.72. The average molecular weight is 180 g/mol. The predicted molar refractivity (Wildman–Crippen MR) is 51.8 cm³/mol. The second kappa shape index (κ2) is 4.33. The molecule has 0 aliphatic rings. The van der Waals surface area contributed by atoms with E-state index in [4.69, 9.17) is 4.74 Å². The largest absolute Gasteiger partial charge is 0.384 e. The van der Waals surface area contributed by atoms with Crippen LogP contribution in [0.3, 0.4) is 0 Å². The molecule has 13 heavy (non-hydrogen) atoms. The first kappa shape index (κ1) is 10.1. The molecule has 0 bridgehead atoms. The smallest absolute Gasteiger partial charge is 0.125 e. The fraction of sp³-hybridized carbons (Fsp3) is 0.600. The van der Waals surface area contributed by atoms with Crippen LogP contribution in [-0.2, 0) is 11.2 Å². The molecule has 0 saturated carbocycles. The summed E-state index contributed by atoms with van der Waals surface area (Å²) in [6, 6.07) is 0. The normalized spacial score (nSPS) is 10.5. The molecule has 0 spiro atoms. The maximum atomic E-state index is 5.03. The predicted octanol–water partition coefficient (Wildman–Crippen LogP) is 1.59. The van der Waals surface area contributed by atoms with Gasteiger partial charge in [0.25, 0.3) is 0 Å². The van der Waals surface area contributed by atoms with Crippen LogP contribution in [0.15, 0.2) is 0 Å². The average Bonchev–Trinajstić information content (AvgIpc) is 2.02. The molecular formula is C10H16N2O. The monoisotopic (exact) mass is 180 g/mol. The van der Waals surface area contributed by atoms with Crippen LogP contribution in [0, 0.1) is 20.8 Å². The van der Waals surface area contributed by atoms with Crippen molar-refractivity contribution in [2.45, 2.75) is 27.2 Å². The third-order valence-electron chi connectivity index (χ3n) is 2.09. The standard InChI is InChI=1S/C10H16N2O/c1-7-10(5-6-13-4)8(2)12-9(3)11-7/h5-6H2,1-4H3. The first-order chi connectivity index (χ1) is 6.15. The van der Waals surface area contributed by atoms with Crippen molar-refractivity contribution in [3.05, 3.63) is 22.8 Å². The highest BCUT2D eigenvalue weighted by molar-refractivity contribution is 5.24. The fourth-order valence-electron chi connectivity index (χ4n) is 1.47. The summed E-state index contributed by atoms with van der Waals surface area (Å²) in [5.74, 6) is 0.844. The Bertz CT molecular complexity index is 274. The van der Waals surface area contributed by atoms with Crippen LogP contribution in [0.4, 0.5) is 0 Å². The van der Waals surface area contributed by atoms with Crippen molar-refractivity contribution in [3.8, 4) is 0 Å². The van der Waals surface area contributed by atoms with Crippen molar-refractivity contribution < 1.29 is 4.74 Å². The van der Waals surface area contributed by atoms with Crippen molar-refractivity contribution in [1.82, 2.24) is 9.97 Å². The van der Waals surface area contributed by atoms with Crippen molar-refractivity contribution in [1.29, 1.82) is 0 Å². The summed E-state index contributed by atoms with van der Waals surface area (Å²) < 4.78 is 5.03. The Balaban J connectivity index is 2.92. The molecule has 0 saturated heterocycles. The molecule has 1 heterocycles. The van der Waals surface area contributed by atoms with Gasteiger partial charge in [-0.05, 0) is 32.8 Å². The van der Waals surface area contributed by atoms with E-state index in [1.807, 2.05) is 20.8 Å². The van der Waals surface area contributed by atoms with Gasteiger partial charge in [-0.25, -0.2) is 9.97 Å². The van der Waals surface area contributed by atoms with Gasteiger partial charge in [0.05, 0.1) is 6.61 Å². The van der Waals surface area contributed by atoms with Gasteiger partial charge >= 0.3 is 0 Å². The summed E-state index contributed by atoms with van der Waals surface area (Å²) in [7, 11) is 1.71. The highest BCUT2D eigenvalue weighted by Gasteiger charge is 2.05. The molecule has 0 fully saturated rings. The number of methoxy groups -OCH3 is 1. The van der Waals surface area contributed by atoms with Crippen LogP contribution in [0.5, 0.6) is 0 Å². The molecule has 0 radical (unpaired) electrons. The molecule has 1 rings (SSSR count). The first-order valence-corrected chi connectivity index (χ1v) is 4.44. The van der Waals surface area contributed by atoms with E-state index >= 15 is 0 Å². The minimum absolute atomic E-state index is 0.730. The Morgan fingerprint density at radius 3 is 2.08 bits per heavy atom. The maximum absolute atomic E-state index is 5.03. The Labute approximate surface area is 79.2 Å². The van der Waals surface area contributed by atoms with Crippen LogP contribution in [-0.4, -0.2) is 23.7 Å². The quantitative estimate of drug-likeness (QED) is 0.708.